The van der Waals surface area contributed by atoms with Crippen LogP contribution in [-0.4, -0.2) is 18.2 Å². The lowest BCUT2D eigenvalue weighted by Gasteiger charge is -2.21. The third-order valence-electron chi connectivity index (χ3n) is 2.69. The smallest absolute Gasteiger partial charge is 0.267 e. The maximum Gasteiger partial charge on any atom is 0.267 e. The lowest BCUT2D eigenvalue weighted by molar-refractivity contribution is -0.124. The molecule has 0 saturated carbocycles. The Morgan fingerprint density at radius 1 is 1.50 bits per heavy atom. The van der Waals surface area contributed by atoms with Crippen LogP contribution in [0.5, 0.6) is 0 Å². The van der Waals surface area contributed by atoms with Gasteiger partial charge in [-0.05, 0) is 43.2 Å². The first-order chi connectivity index (χ1) is 8.45. The van der Waals surface area contributed by atoms with Gasteiger partial charge in [-0.2, -0.15) is 0 Å². The van der Waals surface area contributed by atoms with Crippen molar-refractivity contribution in [3.8, 4) is 0 Å². The molecule has 0 spiro atoms. The summed E-state index contributed by atoms with van der Waals surface area (Å²) >= 11 is 0. The summed E-state index contributed by atoms with van der Waals surface area (Å²) in [5.74, 6) is -0.546. The third kappa shape index (κ3) is 3.46. The van der Waals surface area contributed by atoms with Crippen LogP contribution in [0.15, 0.2) is 36.6 Å². The standard InChI is InChI=1S/C14H18N2O2/c1-10(2)16(4)13-7-5-12(9-11(13)3)6-8-14(17)15-18/h5-9,18H,1H2,2-4H3,(H,15,17)/b8-6+. The Kier molecular flexibility index (Phi) is 4.68. The largest absolute Gasteiger partial charge is 0.349 e. The van der Waals surface area contributed by atoms with Gasteiger partial charge in [-0.15, -0.1) is 0 Å². The summed E-state index contributed by atoms with van der Waals surface area (Å²) in [5, 5.41) is 8.38. The van der Waals surface area contributed by atoms with Crippen molar-refractivity contribution in [3.63, 3.8) is 0 Å². The van der Waals surface area contributed by atoms with Crippen LogP contribution in [0.3, 0.4) is 0 Å². The number of nitrogens with one attached hydrogen (secondary N) is 1. The second kappa shape index (κ2) is 6.02. The van der Waals surface area contributed by atoms with E-state index in [0.29, 0.717) is 0 Å². The van der Waals surface area contributed by atoms with Crippen LogP contribution in [0, 0.1) is 6.92 Å². The number of hydroxylamine groups is 1. The summed E-state index contributed by atoms with van der Waals surface area (Å²) < 4.78 is 0. The molecule has 0 fully saturated rings. The maximum atomic E-state index is 10.9. The summed E-state index contributed by atoms with van der Waals surface area (Å²) in [6.07, 6.45) is 2.92. The molecule has 1 aromatic rings. The van der Waals surface area contributed by atoms with E-state index in [-0.39, 0.29) is 0 Å². The Bertz CT molecular complexity index is 493. The van der Waals surface area contributed by atoms with Gasteiger partial charge < -0.3 is 4.90 Å². The number of benzene rings is 1. The van der Waals surface area contributed by atoms with Gasteiger partial charge in [-0.1, -0.05) is 12.6 Å². The highest BCUT2D eigenvalue weighted by molar-refractivity contribution is 5.90. The topological polar surface area (TPSA) is 52.6 Å². The quantitative estimate of drug-likeness (QED) is 0.487. The molecule has 0 aromatic heterocycles. The van der Waals surface area contributed by atoms with Crippen molar-refractivity contribution in [3.05, 3.63) is 47.7 Å². The van der Waals surface area contributed by atoms with E-state index >= 15 is 0 Å². The van der Waals surface area contributed by atoms with E-state index in [1.165, 1.54) is 6.08 Å². The molecule has 1 amide bonds. The van der Waals surface area contributed by atoms with Gasteiger partial charge in [0.2, 0.25) is 0 Å². The number of amides is 1. The van der Waals surface area contributed by atoms with E-state index in [9.17, 15) is 4.79 Å². The minimum Gasteiger partial charge on any atom is -0.349 e. The minimum atomic E-state index is -0.546. The fourth-order valence-electron chi connectivity index (χ4n) is 1.57. The first-order valence-electron chi connectivity index (χ1n) is 5.57. The average molecular weight is 246 g/mol. The number of nitrogens with zero attached hydrogens (tertiary/aromatic N) is 1. The average Bonchev–Trinajstić information content (AvgIpc) is 2.35. The van der Waals surface area contributed by atoms with Gasteiger partial charge in [-0.3, -0.25) is 10.0 Å². The summed E-state index contributed by atoms with van der Waals surface area (Å²) in [4.78, 5) is 12.9. The molecule has 4 nitrogen and oxygen atoms in total. The van der Waals surface area contributed by atoms with Crippen molar-refractivity contribution in [1.82, 2.24) is 5.48 Å². The molecular formula is C14H18N2O2. The van der Waals surface area contributed by atoms with Gasteiger partial charge in [-0.25, -0.2) is 5.48 Å². The Morgan fingerprint density at radius 3 is 2.67 bits per heavy atom. The molecule has 0 aliphatic rings. The maximum absolute atomic E-state index is 10.9. The van der Waals surface area contributed by atoms with E-state index < -0.39 is 5.91 Å². The molecule has 0 aliphatic heterocycles. The Balaban J connectivity index is 2.96. The zero-order chi connectivity index (χ0) is 13.7. The molecule has 18 heavy (non-hydrogen) atoms. The fraction of sp³-hybridized carbons (Fsp3) is 0.214. The predicted octanol–water partition coefficient (Wildman–Crippen LogP) is 2.48. The number of aryl methyl sites for hydroxylation is 1. The Labute approximate surface area is 107 Å². The second-order valence-corrected chi connectivity index (χ2v) is 4.15. The molecule has 4 heteroatoms. The molecule has 1 aromatic carbocycles. The van der Waals surface area contributed by atoms with Gasteiger partial charge >= 0.3 is 0 Å². The fourth-order valence-corrected chi connectivity index (χ4v) is 1.57. The molecule has 1 rings (SSSR count). The number of carbonyl (C=O) groups is 1. The lowest BCUT2D eigenvalue weighted by atomic mass is 10.1. The van der Waals surface area contributed by atoms with Crippen LogP contribution in [0.4, 0.5) is 5.69 Å². The highest BCUT2D eigenvalue weighted by Gasteiger charge is 2.05. The van der Waals surface area contributed by atoms with E-state index in [0.717, 1.165) is 22.5 Å². The van der Waals surface area contributed by atoms with Crippen LogP contribution >= 0.6 is 0 Å². The first kappa shape index (κ1) is 14.0. The van der Waals surface area contributed by atoms with E-state index in [4.69, 9.17) is 5.21 Å². The van der Waals surface area contributed by atoms with Gasteiger partial charge in [0.05, 0.1) is 0 Å². The van der Waals surface area contributed by atoms with Gasteiger partial charge in [0.1, 0.15) is 0 Å². The van der Waals surface area contributed by atoms with Crippen molar-refractivity contribution in [2.45, 2.75) is 13.8 Å². The molecule has 0 heterocycles. The van der Waals surface area contributed by atoms with Crippen molar-refractivity contribution in [2.24, 2.45) is 0 Å². The second-order valence-electron chi connectivity index (χ2n) is 4.15. The van der Waals surface area contributed by atoms with Gasteiger partial charge in [0, 0.05) is 24.5 Å². The summed E-state index contributed by atoms with van der Waals surface area (Å²) in [6.45, 7) is 7.84. The Morgan fingerprint density at radius 2 is 2.17 bits per heavy atom. The molecule has 2 N–H and O–H groups in total. The number of carbonyl (C=O) groups excluding carboxylic acids is 1. The molecule has 0 radical (unpaired) electrons. The predicted molar refractivity (Wildman–Crippen MR) is 73.4 cm³/mol. The van der Waals surface area contributed by atoms with Gasteiger partial charge in [0.25, 0.3) is 5.91 Å². The van der Waals surface area contributed by atoms with Crippen LogP contribution in [0.1, 0.15) is 18.1 Å². The number of rotatable bonds is 4. The summed E-state index contributed by atoms with van der Waals surface area (Å²) in [6, 6.07) is 5.85. The van der Waals surface area contributed by atoms with Crippen LogP contribution in [0.25, 0.3) is 6.08 Å². The molecule has 0 bridgehead atoms. The highest BCUT2D eigenvalue weighted by atomic mass is 16.5. The summed E-state index contributed by atoms with van der Waals surface area (Å²) in [7, 11) is 1.96. The molecule has 0 unspecified atom stereocenters. The van der Waals surface area contributed by atoms with Crippen molar-refractivity contribution in [1.29, 1.82) is 0 Å². The summed E-state index contributed by atoms with van der Waals surface area (Å²) in [5.41, 5.74) is 5.57. The number of hydrogen-bond acceptors (Lipinski definition) is 3. The molecule has 0 aliphatic carbocycles. The molecule has 96 valence electrons. The van der Waals surface area contributed by atoms with E-state index in [2.05, 4.69) is 6.58 Å². The normalized spacial score (nSPS) is 10.4. The number of allylic oxidation sites excluding steroid dienone is 1. The molecular weight excluding hydrogens is 228 g/mol. The lowest BCUT2D eigenvalue weighted by Crippen LogP contribution is -2.15. The molecule has 0 saturated heterocycles. The monoisotopic (exact) mass is 246 g/mol. The van der Waals surface area contributed by atoms with Crippen LogP contribution in [0.2, 0.25) is 0 Å². The minimum absolute atomic E-state index is 0.546. The van der Waals surface area contributed by atoms with Crippen molar-refractivity contribution in [2.75, 3.05) is 11.9 Å². The van der Waals surface area contributed by atoms with E-state index in [1.54, 1.807) is 11.6 Å². The first-order valence-corrected chi connectivity index (χ1v) is 5.57. The van der Waals surface area contributed by atoms with Crippen LogP contribution < -0.4 is 10.4 Å². The Hall–Kier alpha value is -2.07. The zero-order valence-corrected chi connectivity index (χ0v) is 10.9. The molecule has 0 atom stereocenters. The zero-order valence-electron chi connectivity index (χ0n) is 10.9. The number of hydrogen-bond donors (Lipinski definition) is 2. The highest BCUT2D eigenvalue weighted by Crippen LogP contribution is 2.23. The van der Waals surface area contributed by atoms with Crippen LogP contribution in [-0.2, 0) is 4.79 Å². The van der Waals surface area contributed by atoms with Crippen molar-refractivity contribution < 1.29 is 10.0 Å². The van der Waals surface area contributed by atoms with Crippen molar-refractivity contribution >= 4 is 17.7 Å². The number of anilines is 1. The van der Waals surface area contributed by atoms with Gasteiger partial charge in [0.15, 0.2) is 0 Å². The SMILES string of the molecule is C=C(C)N(C)c1ccc(/C=C/C(=O)NO)cc1C. The third-order valence-corrected chi connectivity index (χ3v) is 2.69. The van der Waals surface area contributed by atoms with E-state index in [1.807, 2.05) is 44.0 Å².